The van der Waals surface area contributed by atoms with Gasteiger partial charge in [-0.05, 0) is 31.9 Å². The number of hydrogen-bond acceptors (Lipinski definition) is 5. The minimum absolute atomic E-state index is 0.452. The third-order valence-electron chi connectivity index (χ3n) is 3.05. The van der Waals surface area contributed by atoms with E-state index in [1.807, 2.05) is 31.2 Å². The van der Waals surface area contributed by atoms with Crippen LogP contribution in [0.5, 0.6) is 11.6 Å². The van der Waals surface area contributed by atoms with Crippen molar-refractivity contribution in [3.8, 4) is 11.6 Å². The monoisotopic (exact) mass is 256 g/mol. The molecule has 1 fully saturated rings. The van der Waals surface area contributed by atoms with Crippen molar-refractivity contribution < 1.29 is 4.74 Å². The highest BCUT2D eigenvalue weighted by Gasteiger charge is 2.27. The third kappa shape index (κ3) is 2.82. The third-order valence-corrected chi connectivity index (χ3v) is 3.05. The number of nitrogens with one attached hydrogen (secondary N) is 1. The summed E-state index contributed by atoms with van der Waals surface area (Å²) in [7, 11) is 0. The second-order valence-corrected chi connectivity index (χ2v) is 4.78. The molecular formula is C14H16N4O. The molecule has 0 saturated heterocycles. The quantitative estimate of drug-likeness (QED) is 0.650. The summed E-state index contributed by atoms with van der Waals surface area (Å²) in [4.78, 5) is 8.77. The summed E-state index contributed by atoms with van der Waals surface area (Å²) >= 11 is 0. The van der Waals surface area contributed by atoms with Crippen LogP contribution < -0.4 is 16.0 Å². The zero-order valence-electron chi connectivity index (χ0n) is 10.8. The lowest BCUT2D eigenvalue weighted by atomic mass is 10.2. The molecule has 5 heteroatoms. The van der Waals surface area contributed by atoms with Crippen molar-refractivity contribution in [2.24, 2.45) is 5.84 Å². The molecule has 0 spiro atoms. The van der Waals surface area contributed by atoms with E-state index >= 15 is 0 Å². The number of nitrogens with two attached hydrogens (primary N) is 1. The van der Waals surface area contributed by atoms with Gasteiger partial charge in [-0.3, -0.25) is 0 Å². The zero-order valence-corrected chi connectivity index (χ0v) is 10.8. The molecule has 0 bridgehead atoms. The van der Waals surface area contributed by atoms with Gasteiger partial charge in [0.1, 0.15) is 17.4 Å². The van der Waals surface area contributed by atoms with E-state index in [1.165, 1.54) is 5.56 Å². The minimum atomic E-state index is 0.452. The molecule has 1 aromatic carbocycles. The highest BCUT2D eigenvalue weighted by Crippen LogP contribution is 2.39. The zero-order chi connectivity index (χ0) is 13.2. The van der Waals surface area contributed by atoms with E-state index in [0.29, 0.717) is 17.6 Å². The molecule has 1 aliphatic carbocycles. The van der Waals surface area contributed by atoms with Gasteiger partial charge in [-0.25, -0.2) is 10.8 Å². The van der Waals surface area contributed by atoms with Gasteiger partial charge in [-0.2, -0.15) is 4.98 Å². The Morgan fingerprint density at radius 2 is 1.95 bits per heavy atom. The van der Waals surface area contributed by atoms with E-state index in [0.717, 1.165) is 24.4 Å². The lowest BCUT2D eigenvalue weighted by Gasteiger charge is -2.08. The predicted octanol–water partition coefficient (Wildman–Crippen LogP) is 2.74. The number of hydrogen-bond donors (Lipinski definition) is 2. The Hall–Kier alpha value is -2.14. The van der Waals surface area contributed by atoms with E-state index < -0.39 is 0 Å². The second-order valence-electron chi connectivity index (χ2n) is 4.78. The maximum Gasteiger partial charge on any atom is 0.224 e. The molecule has 1 aromatic heterocycles. The first kappa shape index (κ1) is 11.9. The van der Waals surface area contributed by atoms with Crippen molar-refractivity contribution in [1.29, 1.82) is 0 Å². The first-order valence-corrected chi connectivity index (χ1v) is 6.35. The largest absolute Gasteiger partial charge is 0.439 e. The van der Waals surface area contributed by atoms with Crippen molar-refractivity contribution in [3.05, 3.63) is 41.7 Å². The molecule has 1 aliphatic rings. The summed E-state index contributed by atoms with van der Waals surface area (Å²) in [6.45, 7) is 2.04. The number of rotatable bonds is 4. The van der Waals surface area contributed by atoms with Crippen molar-refractivity contribution in [1.82, 2.24) is 9.97 Å². The molecule has 98 valence electrons. The Balaban J connectivity index is 1.86. The number of anilines is 1. The summed E-state index contributed by atoms with van der Waals surface area (Å²) < 4.78 is 5.75. The summed E-state index contributed by atoms with van der Waals surface area (Å²) in [5.74, 6) is 8.54. The van der Waals surface area contributed by atoms with Gasteiger partial charge in [-0.15, -0.1) is 0 Å². The van der Waals surface area contributed by atoms with Gasteiger partial charge in [0, 0.05) is 12.0 Å². The lowest BCUT2D eigenvalue weighted by molar-refractivity contribution is 0.459. The van der Waals surface area contributed by atoms with Gasteiger partial charge >= 0.3 is 0 Å². The van der Waals surface area contributed by atoms with Crippen LogP contribution in [0.4, 0.5) is 5.82 Å². The molecular weight excluding hydrogens is 240 g/mol. The molecule has 3 N–H and O–H groups in total. The molecule has 1 saturated carbocycles. The number of nitrogen functional groups attached to an aromatic ring is 1. The average molecular weight is 256 g/mol. The number of ether oxygens (including phenoxy) is 1. The van der Waals surface area contributed by atoms with Gasteiger partial charge in [0.2, 0.25) is 5.88 Å². The maximum absolute atomic E-state index is 5.75. The summed E-state index contributed by atoms with van der Waals surface area (Å²) in [6, 6.07) is 9.54. The van der Waals surface area contributed by atoms with E-state index in [2.05, 4.69) is 15.4 Å². The standard InChI is InChI=1S/C14H16N4O/c1-9-2-6-11(7-3-9)19-13-8-12(18-15)16-14(17-13)10-4-5-10/h2-3,6-8,10H,4-5,15H2,1H3,(H,16,17,18). The predicted molar refractivity (Wildman–Crippen MR) is 73.1 cm³/mol. The Labute approximate surface area is 111 Å². The second kappa shape index (κ2) is 4.85. The summed E-state index contributed by atoms with van der Waals surface area (Å²) in [5, 5.41) is 0. The van der Waals surface area contributed by atoms with Crippen LogP contribution >= 0.6 is 0 Å². The van der Waals surface area contributed by atoms with Crippen LogP contribution in [-0.2, 0) is 0 Å². The molecule has 1 heterocycles. The number of nitrogens with zero attached hydrogens (tertiary/aromatic N) is 2. The Bertz CT molecular complexity index is 578. The highest BCUT2D eigenvalue weighted by molar-refractivity contribution is 5.40. The van der Waals surface area contributed by atoms with Crippen molar-refractivity contribution in [3.63, 3.8) is 0 Å². The smallest absolute Gasteiger partial charge is 0.224 e. The van der Waals surface area contributed by atoms with E-state index in [-0.39, 0.29) is 0 Å². The van der Waals surface area contributed by atoms with Crippen LogP contribution in [-0.4, -0.2) is 9.97 Å². The SMILES string of the molecule is Cc1ccc(Oc2cc(NN)nc(C3CC3)n2)cc1. The van der Waals surface area contributed by atoms with Gasteiger partial charge in [0.15, 0.2) is 0 Å². The van der Waals surface area contributed by atoms with Crippen molar-refractivity contribution >= 4 is 5.82 Å². The molecule has 0 radical (unpaired) electrons. The van der Waals surface area contributed by atoms with Crippen LogP contribution in [0, 0.1) is 6.92 Å². The molecule has 5 nitrogen and oxygen atoms in total. The fourth-order valence-corrected chi connectivity index (χ4v) is 1.82. The summed E-state index contributed by atoms with van der Waals surface area (Å²) in [6.07, 6.45) is 2.27. The lowest BCUT2D eigenvalue weighted by Crippen LogP contribution is -2.10. The first-order valence-electron chi connectivity index (χ1n) is 6.35. The highest BCUT2D eigenvalue weighted by atomic mass is 16.5. The fourth-order valence-electron chi connectivity index (χ4n) is 1.82. The van der Waals surface area contributed by atoms with Crippen LogP contribution in [0.2, 0.25) is 0 Å². The van der Waals surface area contributed by atoms with E-state index in [4.69, 9.17) is 10.6 Å². The molecule has 0 aliphatic heterocycles. The Morgan fingerprint density at radius 3 is 2.58 bits per heavy atom. The minimum Gasteiger partial charge on any atom is -0.439 e. The van der Waals surface area contributed by atoms with Crippen LogP contribution in [0.25, 0.3) is 0 Å². The number of aromatic nitrogens is 2. The molecule has 0 atom stereocenters. The van der Waals surface area contributed by atoms with Gasteiger partial charge in [0.25, 0.3) is 0 Å². The topological polar surface area (TPSA) is 73.1 Å². The van der Waals surface area contributed by atoms with Crippen molar-refractivity contribution in [2.45, 2.75) is 25.7 Å². The molecule has 19 heavy (non-hydrogen) atoms. The molecule has 0 amide bonds. The Kier molecular flexibility index (Phi) is 3.05. The number of benzene rings is 1. The van der Waals surface area contributed by atoms with Crippen molar-refractivity contribution in [2.75, 3.05) is 5.43 Å². The van der Waals surface area contributed by atoms with Crippen LogP contribution in [0.1, 0.15) is 30.1 Å². The molecule has 2 aromatic rings. The van der Waals surface area contributed by atoms with E-state index in [9.17, 15) is 0 Å². The average Bonchev–Trinajstić information content (AvgIpc) is 3.25. The van der Waals surface area contributed by atoms with E-state index in [1.54, 1.807) is 6.07 Å². The number of hydrazine groups is 1. The Morgan fingerprint density at radius 1 is 1.21 bits per heavy atom. The number of aryl methyl sites for hydroxylation is 1. The first-order chi connectivity index (χ1) is 9.24. The molecule has 3 rings (SSSR count). The normalized spacial score (nSPS) is 14.2. The molecule has 0 unspecified atom stereocenters. The van der Waals surface area contributed by atoms with Gasteiger partial charge < -0.3 is 10.2 Å². The van der Waals surface area contributed by atoms with Crippen LogP contribution in [0.15, 0.2) is 30.3 Å². The van der Waals surface area contributed by atoms with Gasteiger partial charge in [0.05, 0.1) is 0 Å². The van der Waals surface area contributed by atoms with Crippen LogP contribution in [0.3, 0.4) is 0 Å². The maximum atomic E-state index is 5.75. The summed E-state index contributed by atoms with van der Waals surface area (Å²) in [5.41, 5.74) is 3.75. The van der Waals surface area contributed by atoms with Gasteiger partial charge in [-0.1, -0.05) is 17.7 Å². The fraction of sp³-hybridized carbons (Fsp3) is 0.286.